The van der Waals surface area contributed by atoms with Gasteiger partial charge in [0.25, 0.3) is 0 Å². The minimum Gasteiger partial charge on any atom is -0.497 e. The minimum atomic E-state index is -0.391. The summed E-state index contributed by atoms with van der Waals surface area (Å²) in [6, 6.07) is 10.4. The zero-order valence-corrected chi connectivity index (χ0v) is 17.6. The molecular weight excluding hydrogens is 391 g/mol. The summed E-state index contributed by atoms with van der Waals surface area (Å²) in [6.45, 7) is 2.64. The Morgan fingerprint density at radius 2 is 1.86 bits per heavy atom. The van der Waals surface area contributed by atoms with Crippen LogP contribution in [0.5, 0.6) is 17.2 Å². The Labute approximate surface area is 174 Å². The van der Waals surface area contributed by atoms with Crippen LogP contribution < -0.4 is 19.5 Å². The first kappa shape index (κ1) is 20.9. The maximum absolute atomic E-state index is 14.3. The van der Waals surface area contributed by atoms with Crippen molar-refractivity contribution in [1.82, 2.24) is 4.98 Å². The smallest absolute Gasteiger partial charge is 0.187 e. The average molecular weight is 417 g/mol. The highest BCUT2D eigenvalue weighted by molar-refractivity contribution is 7.14. The third-order valence-electron chi connectivity index (χ3n) is 4.38. The number of halogens is 1. The van der Waals surface area contributed by atoms with Gasteiger partial charge >= 0.3 is 0 Å². The second-order valence-electron chi connectivity index (χ2n) is 6.43. The minimum absolute atomic E-state index is 0.271. The number of hydrogen-bond donors (Lipinski definition) is 1. The van der Waals surface area contributed by atoms with Gasteiger partial charge in [-0.15, -0.1) is 11.3 Å². The normalized spacial score (nSPS) is 10.6. The summed E-state index contributed by atoms with van der Waals surface area (Å²) in [4.78, 5) is 4.60. The molecule has 0 atom stereocenters. The van der Waals surface area contributed by atoms with Crippen molar-refractivity contribution in [1.29, 1.82) is 0 Å². The lowest BCUT2D eigenvalue weighted by atomic mass is 10.1. The van der Waals surface area contributed by atoms with Crippen LogP contribution in [0.2, 0.25) is 0 Å². The molecule has 7 heteroatoms. The quantitative estimate of drug-likeness (QED) is 0.394. The summed E-state index contributed by atoms with van der Waals surface area (Å²) in [7, 11) is 3.23. The molecule has 29 heavy (non-hydrogen) atoms. The van der Waals surface area contributed by atoms with Crippen molar-refractivity contribution in [3.05, 3.63) is 47.6 Å². The van der Waals surface area contributed by atoms with Crippen molar-refractivity contribution in [2.75, 3.05) is 26.1 Å². The molecular formula is C22H25FN2O3S. The summed E-state index contributed by atoms with van der Waals surface area (Å²) >= 11 is 1.43. The van der Waals surface area contributed by atoms with E-state index in [1.165, 1.54) is 17.4 Å². The molecule has 0 amide bonds. The van der Waals surface area contributed by atoms with Crippen LogP contribution in [-0.4, -0.2) is 25.8 Å². The number of anilines is 2. The van der Waals surface area contributed by atoms with Crippen LogP contribution >= 0.6 is 11.3 Å². The number of benzene rings is 2. The highest BCUT2D eigenvalue weighted by atomic mass is 32.1. The fourth-order valence-electron chi connectivity index (χ4n) is 2.82. The van der Waals surface area contributed by atoms with Crippen LogP contribution in [0.4, 0.5) is 15.2 Å². The first-order chi connectivity index (χ1) is 14.1. The van der Waals surface area contributed by atoms with Gasteiger partial charge in [-0.1, -0.05) is 19.8 Å². The molecule has 0 fully saturated rings. The number of methoxy groups -OCH3 is 2. The zero-order chi connectivity index (χ0) is 20.6. The first-order valence-corrected chi connectivity index (χ1v) is 10.4. The number of nitrogens with one attached hydrogen (secondary N) is 1. The van der Waals surface area contributed by atoms with Gasteiger partial charge < -0.3 is 19.5 Å². The summed E-state index contributed by atoms with van der Waals surface area (Å²) in [5, 5.41) is 5.72. The summed E-state index contributed by atoms with van der Waals surface area (Å²) in [5.41, 5.74) is 2.20. The van der Waals surface area contributed by atoms with Crippen molar-refractivity contribution < 1.29 is 18.6 Å². The fraction of sp³-hybridized carbons (Fsp3) is 0.318. The molecule has 0 spiro atoms. The molecule has 154 valence electrons. The van der Waals surface area contributed by atoms with Gasteiger partial charge in [0.05, 0.1) is 26.5 Å². The van der Waals surface area contributed by atoms with Crippen LogP contribution in [0, 0.1) is 5.82 Å². The summed E-state index contributed by atoms with van der Waals surface area (Å²) in [6.07, 6.45) is 3.10. The number of ether oxygens (including phenoxy) is 3. The monoisotopic (exact) mass is 416 g/mol. The van der Waals surface area contributed by atoms with Crippen LogP contribution in [0.3, 0.4) is 0 Å². The SMILES string of the molecule is CCCCCOc1ccc(Nc2nc(-c3cc(OC)ccc3OC)cs2)cc1F. The van der Waals surface area contributed by atoms with E-state index in [-0.39, 0.29) is 5.75 Å². The largest absolute Gasteiger partial charge is 0.497 e. The van der Waals surface area contributed by atoms with Gasteiger partial charge in [-0.05, 0) is 36.8 Å². The van der Waals surface area contributed by atoms with Gasteiger partial charge in [0.15, 0.2) is 16.7 Å². The first-order valence-electron chi connectivity index (χ1n) is 9.52. The summed E-state index contributed by atoms with van der Waals surface area (Å²) in [5.74, 6) is 1.31. The van der Waals surface area contributed by atoms with Crippen molar-refractivity contribution in [2.45, 2.75) is 26.2 Å². The Balaban J connectivity index is 1.71. The number of nitrogens with zero attached hydrogens (tertiary/aromatic N) is 1. The molecule has 1 aromatic heterocycles. The van der Waals surface area contributed by atoms with Crippen molar-refractivity contribution in [2.24, 2.45) is 0 Å². The third kappa shape index (κ3) is 5.38. The predicted molar refractivity (Wildman–Crippen MR) is 115 cm³/mol. The van der Waals surface area contributed by atoms with Crippen LogP contribution in [0.15, 0.2) is 41.8 Å². The number of aromatic nitrogens is 1. The van der Waals surface area contributed by atoms with Crippen molar-refractivity contribution >= 4 is 22.2 Å². The number of hydrogen-bond acceptors (Lipinski definition) is 6. The van der Waals surface area contributed by atoms with Gasteiger partial charge in [-0.2, -0.15) is 0 Å². The van der Waals surface area contributed by atoms with Crippen LogP contribution in [0.1, 0.15) is 26.2 Å². The van der Waals surface area contributed by atoms with Crippen LogP contribution in [0.25, 0.3) is 11.3 Å². The highest BCUT2D eigenvalue weighted by Crippen LogP contribution is 2.36. The lowest BCUT2D eigenvalue weighted by molar-refractivity contribution is 0.291. The molecule has 0 unspecified atom stereocenters. The highest BCUT2D eigenvalue weighted by Gasteiger charge is 2.12. The lowest BCUT2D eigenvalue weighted by Gasteiger charge is -2.09. The molecule has 2 aromatic carbocycles. The molecule has 5 nitrogen and oxygen atoms in total. The van der Waals surface area contributed by atoms with Gasteiger partial charge in [0.2, 0.25) is 0 Å². The molecule has 0 aliphatic heterocycles. The second kappa shape index (κ2) is 10.1. The van der Waals surface area contributed by atoms with Gasteiger partial charge in [-0.25, -0.2) is 9.37 Å². The van der Waals surface area contributed by atoms with E-state index in [4.69, 9.17) is 14.2 Å². The van der Waals surface area contributed by atoms with Gasteiger partial charge in [-0.3, -0.25) is 0 Å². The topological polar surface area (TPSA) is 52.6 Å². The Hall–Kier alpha value is -2.80. The van der Waals surface area contributed by atoms with E-state index in [1.54, 1.807) is 26.4 Å². The van der Waals surface area contributed by atoms with E-state index in [9.17, 15) is 4.39 Å². The van der Waals surface area contributed by atoms with E-state index in [1.807, 2.05) is 23.6 Å². The zero-order valence-electron chi connectivity index (χ0n) is 16.8. The Kier molecular flexibility index (Phi) is 7.30. The predicted octanol–water partition coefficient (Wildman–Crippen LogP) is 6.28. The Morgan fingerprint density at radius 1 is 1.03 bits per heavy atom. The number of rotatable bonds is 10. The second-order valence-corrected chi connectivity index (χ2v) is 7.29. The molecule has 0 saturated heterocycles. The van der Waals surface area contributed by atoms with Crippen molar-refractivity contribution in [3.8, 4) is 28.5 Å². The molecule has 0 bridgehead atoms. The van der Waals surface area contributed by atoms with Gasteiger partial charge in [0, 0.05) is 22.7 Å². The molecule has 0 aliphatic carbocycles. The number of thiazole rings is 1. The molecule has 1 N–H and O–H groups in total. The van der Waals surface area contributed by atoms with E-state index in [0.717, 1.165) is 36.3 Å². The maximum Gasteiger partial charge on any atom is 0.187 e. The average Bonchev–Trinajstić information content (AvgIpc) is 3.20. The van der Waals surface area contributed by atoms with Crippen LogP contribution in [-0.2, 0) is 0 Å². The molecule has 0 saturated carbocycles. The Morgan fingerprint density at radius 3 is 2.59 bits per heavy atom. The Bertz CT molecular complexity index is 946. The fourth-order valence-corrected chi connectivity index (χ4v) is 3.55. The van der Waals surface area contributed by atoms with Crippen molar-refractivity contribution in [3.63, 3.8) is 0 Å². The molecule has 3 aromatic rings. The van der Waals surface area contributed by atoms with E-state index < -0.39 is 5.82 Å². The maximum atomic E-state index is 14.3. The molecule has 3 rings (SSSR count). The molecule has 1 heterocycles. The third-order valence-corrected chi connectivity index (χ3v) is 5.13. The summed E-state index contributed by atoms with van der Waals surface area (Å²) < 4.78 is 30.5. The standard InChI is InChI=1S/C22H25FN2O3S/c1-4-5-6-11-28-21-9-7-15(12-18(21)23)24-22-25-19(14-29-22)17-13-16(26-2)8-10-20(17)27-3/h7-10,12-14H,4-6,11H2,1-3H3,(H,24,25). The van der Waals surface area contributed by atoms with E-state index in [0.29, 0.717) is 23.2 Å². The van der Waals surface area contributed by atoms with Gasteiger partial charge in [0.1, 0.15) is 11.5 Å². The lowest BCUT2D eigenvalue weighted by Crippen LogP contribution is -2.00. The van der Waals surface area contributed by atoms with E-state index in [2.05, 4.69) is 17.2 Å². The molecule has 0 radical (unpaired) electrons. The number of unbranched alkanes of at least 4 members (excludes halogenated alkanes) is 2. The molecule has 0 aliphatic rings. The van der Waals surface area contributed by atoms with E-state index >= 15 is 0 Å².